The molecule has 0 saturated heterocycles. The van der Waals surface area contributed by atoms with E-state index in [1.54, 1.807) is 6.08 Å². The van der Waals surface area contributed by atoms with Crippen molar-refractivity contribution < 1.29 is 14.3 Å². The number of hydrogen-bond acceptors (Lipinski definition) is 3. The zero-order chi connectivity index (χ0) is 10.3. The molecule has 0 bridgehead atoms. The number of rotatable bonds is 4. The Balaban J connectivity index is 3.46. The Hall–Kier alpha value is -0.120. The van der Waals surface area contributed by atoms with E-state index < -0.39 is 9.95 Å². The molecule has 0 aliphatic carbocycles. The van der Waals surface area contributed by atoms with Crippen LogP contribution in [0.5, 0.6) is 0 Å². The predicted molar refractivity (Wildman–Crippen MR) is 52.4 cm³/mol. The Bertz CT molecular complexity index is 176. The molecule has 6 heteroatoms. The molecule has 0 aromatic rings. The lowest BCUT2D eigenvalue weighted by Crippen LogP contribution is -2.18. The van der Waals surface area contributed by atoms with Crippen molar-refractivity contribution in [2.45, 2.75) is 10.2 Å². The summed E-state index contributed by atoms with van der Waals surface area (Å²) in [6.07, 6.45) is 1.32. The van der Waals surface area contributed by atoms with Crippen LogP contribution in [0.15, 0.2) is 12.7 Å². The maximum atomic E-state index is 10.7. The van der Waals surface area contributed by atoms with Gasteiger partial charge in [0.2, 0.25) is 3.79 Å². The summed E-state index contributed by atoms with van der Waals surface area (Å²) in [5.74, 6) is 0. The van der Waals surface area contributed by atoms with E-state index in [1.807, 2.05) is 0 Å². The van der Waals surface area contributed by atoms with Gasteiger partial charge < -0.3 is 9.47 Å². The fourth-order valence-electron chi connectivity index (χ4n) is 0.408. The molecule has 0 aromatic carbocycles. The Kier molecular flexibility index (Phi) is 6.29. The van der Waals surface area contributed by atoms with Crippen LogP contribution in [0.2, 0.25) is 0 Å². The summed E-state index contributed by atoms with van der Waals surface area (Å²) >= 11 is 16.0. The average molecular weight is 248 g/mol. The molecule has 3 nitrogen and oxygen atoms in total. The topological polar surface area (TPSA) is 35.5 Å². The molecule has 0 rings (SSSR count). The number of ether oxygens (including phenoxy) is 2. The van der Waals surface area contributed by atoms with Crippen LogP contribution < -0.4 is 0 Å². The monoisotopic (exact) mass is 246 g/mol. The summed E-state index contributed by atoms with van der Waals surface area (Å²) in [6.45, 7) is 3.33. The van der Waals surface area contributed by atoms with E-state index in [2.05, 4.69) is 16.1 Å². The van der Waals surface area contributed by atoms with Crippen LogP contribution in [0.4, 0.5) is 4.79 Å². The first-order valence-electron chi connectivity index (χ1n) is 3.43. The maximum absolute atomic E-state index is 10.7. The Labute approximate surface area is 91.5 Å². The fraction of sp³-hybridized carbons (Fsp3) is 0.571. The van der Waals surface area contributed by atoms with Crippen molar-refractivity contribution in [3.63, 3.8) is 0 Å². The lowest BCUT2D eigenvalue weighted by atomic mass is 10.5. The first kappa shape index (κ1) is 12.9. The molecule has 0 aromatic heterocycles. The highest BCUT2D eigenvalue weighted by atomic mass is 35.6. The normalized spacial score (nSPS) is 10.7. The Morgan fingerprint density at radius 1 is 1.38 bits per heavy atom. The fourth-order valence-corrected chi connectivity index (χ4v) is 0.572. The molecule has 13 heavy (non-hydrogen) atoms. The molecule has 76 valence electrons. The predicted octanol–water partition coefficient (Wildman–Crippen LogP) is 3.09. The smallest absolute Gasteiger partial charge is 0.434 e. The molecule has 0 fully saturated rings. The van der Waals surface area contributed by atoms with Gasteiger partial charge in [-0.25, -0.2) is 4.79 Å². The zero-order valence-electron chi connectivity index (χ0n) is 6.76. The van der Waals surface area contributed by atoms with E-state index in [0.717, 1.165) is 0 Å². The van der Waals surface area contributed by atoms with Crippen LogP contribution in [-0.4, -0.2) is 23.2 Å². The van der Waals surface area contributed by atoms with Gasteiger partial charge in [0, 0.05) is 0 Å². The molecule has 0 amide bonds. The van der Waals surface area contributed by atoms with E-state index in [9.17, 15) is 4.79 Å². The summed E-state index contributed by atoms with van der Waals surface area (Å²) in [7, 11) is 0. The number of carbonyl (C=O) groups excluding carboxylic acids is 1. The lowest BCUT2D eigenvalue weighted by molar-refractivity contribution is 0.0579. The quantitative estimate of drug-likeness (QED) is 0.331. The van der Waals surface area contributed by atoms with Gasteiger partial charge in [0.1, 0.15) is 6.61 Å². The minimum absolute atomic E-state index is 0.211. The third-order valence-corrected chi connectivity index (χ3v) is 1.22. The summed E-state index contributed by atoms with van der Waals surface area (Å²) in [5, 5.41) is 0. The van der Waals surface area contributed by atoms with Gasteiger partial charge in [-0.05, 0) is 6.42 Å². The third-order valence-electron chi connectivity index (χ3n) is 0.896. The van der Waals surface area contributed by atoms with Gasteiger partial charge in [0.15, 0.2) is 0 Å². The maximum Gasteiger partial charge on any atom is 0.508 e. The first-order chi connectivity index (χ1) is 5.95. The highest BCUT2D eigenvalue weighted by Gasteiger charge is 2.22. The SMILES string of the molecule is C=CCCOC(=O)OCC(Cl)(Cl)Cl. The molecule has 0 unspecified atom stereocenters. The summed E-state index contributed by atoms with van der Waals surface area (Å²) in [5.41, 5.74) is 0. The van der Waals surface area contributed by atoms with Crippen LogP contribution in [0, 0.1) is 0 Å². The van der Waals surface area contributed by atoms with Crippen molar-refractivity contribution in [3.8, 4) is 0 Å². The van der Waals surface area contributed by atoms with Gasteiger partial charge in [0.05, 0.1) is 6.61 Å². The molecule has 0 heterocycles. The van der Waals surface area contributed by atoms with Crippen LogP contribution in [0.1, 0.15) is 6.42 Å². The number of alkyl halides is 3. The van der Waals surface area contributed by atoms with E-state index in [0.29, 0.717) is 6.42 Å². The Morgan fingerprint density at radius 3 is 2.46 bits per heavy atom. The van der Waals surface area contributed by atoms with Crippen molar-refractivity contribution in [1.29, 1.82) is 0 Å². The van der Waals surface area contributed by atoms with E-state index in [1.165, 1.54) is 0 Å². The Morgan fingerprint density at radius 2 is 2.00 bits per heavy atom. The van der Waals surface area contributed by atoms with Gasteiger partial charge in [-0.2, -0.15) is 0 Å². The van der Waals surface area contributed by atoms with E-state index in [4.69, 9.17) is 34.8 Å². The van der Waals surface area contributed by atoms with Gasteiger partial charge in [-0.3, -0.25) is 0 Å². The second kappa shape index (κ2) is 6.35. The standard InChI is InChI=1S/C7H9Cl3O3/c1-2-3-4-12-6(11)13-5-7(8,9)10/h2H,1,3-5H2. The van der Waals surface area contributed by atoms with Crippen molar-refractivity contribution in [1.82, 2.24) is 0 Å². The second-order valence-corrected chi connectivity index (χ2v) is 4.60. The number of halogens is 3. The molecule has 0 spiro atoms. The van der Waals surface area contributed by atoms with Crippen molar-refractivity contribution in [2.24, 2.45) is 0 Å². The second-order valence-electron chi connectivity index (χ2n) is 2.08. The summed E-state index contributed by atoms with van der Waals surface area (Å²) in [6, 6.07) is 0. The highest BCUT2D eigenvalue weighted by molar-refractivity contribution is 6.67. The highest BCUT2D eigenvalue weighted by Crippen LogP contribution is 2.25. The zero-order valence-corrected chi connectivity index (χ0v) is 9.03. The summed E-state index contributed by atoms with van der Waals surface area (Å²) < 4.78 is 7.43. The van der Waals surface area contributed by atoms with Crippen LogP contribution in [0.25, 0.3) is 0 Å². The number of carbonyl (C=O) groups is 1. The summed E-state index contributed by atoms with van der Waals surface area (Å²) in [4.78, 5) is 10.7. The molecule has 0 radical (unpaired) electrons. The van der Waals surface area contributed by atoms with Crippen molar-refractivity contribution >= 4 is 41.0 Å². The molecule has 0 saturated carbocycles. The third kappa shape index (κ3) is 9.80. The van der Waals surface area contributed by atoms with Gasteiger partial charge in [-0.1, -0.05) is 40.9 Å². The van der Waals surface area contributed by atoms with Crippen molar-refractivity contribution in [2.75, 3.05) is 13.2 Å². The molecular weight excluding hydrogens is 238 g/mol. The van der Waals surface area contributed by atoms with Gasteiger partial charge in [-0.15, -0.1) is 6.58 Å². The average Bonchev–Trinajstić information content (AvgIpc) is 2.00. The van der Waals surface area contributed by atoms with E-state index in [-0.39, 0.29) is 13.2 Å². The molecular formula is C7H9Cl3O3. The van der Waals surface area contributed by atoms with Crippen LogP contribution >= 0.6 is 34.8 Å². The molecule has 0 N–H and O–H groups in total. The molecule has 0 aliphatic rings. The molecule has 0 aliphatic heterocycles. The van der Waals surface area contributed by atoms with Gasteiger partial charge >= 0.3 is 6.16 Å². The van der Waals surface area contributed by atoms with Crippen LogP contribution in [0.3, 0.4) is 0 Å². The van der Waals surface area contributed by atoms with E-state index >= 15 is 0 Å². The van der Waals surface area contributed by atoms with Crippen LogP contribution in [-0.2, 0) is 9.47 Å². The number of hydrogen-bond donors (Lipinski definition) is 0. The minimum atomic E-state index is -1.60. The van der Waals surface area contributed by atoms with Crippen molar-refractivity contribution in [3.05, 3.63) is 12.7 Å². The lowest BCUT2D eigenvalue weighted by Gasteiger charge is -2.10. The first-order valence-corrected chi connectivity index (χ1v) is 4.56. The molecule has 0 atom stereocenters. The van der Waals surface area contributed by atoms with Gasteiger partial charge in [0.25, 0.3) is 0 Å². The minimum Gasteiger partial charge on any atom is -0.434 e. The largest absolute Gasteiger partial charge is 0.508 e.